The average molecular weight is 343 g/mol. The first-order valence-electron chi connectivity index (χ1n) is 7.33. The van der Waals surface area contributed by atoms with Crippen LogP contribution in [0, 0.1) is 10.6 Å². The van der Waals surface area contributed by atoms with Crippen LogP contribution in [0.15, 0.2) is 47.3 Å². The van der Waals surface area contributed by atoms with Gasteiger partial charge in [-0.25, -0.2) is 4.39 Å². The molecule has 0 spiro atoms. The van der Waals surface area contributed by atoms with E-state index in [9.17, 15) is 14.0 Å². The molecule has 0 aliphatic rings. The maximum Gasteiger partial charge on any atom is 0.262 e. The van der Waals surface area contributed by atoms with Crippen LogP contribution in [0.25, 0.3) is 10.9 Å². The second-order valence-electron chi connectivity index (χ2n) is 5.20. The fraction of sp³-hybridized carbons (Fsp3) is 0.118. The molecule has 24 heavy (non-hydrogen) atoms. The normalized spacial score (nSPS) is 10.8. The standard InChI is InChI=1S/C17H14FN3O2S/c1-2-21-16(23)13-8-3-10(9-14(13)20-17(21)24)15(22)19-12-6-4-11(18)5-7-12/h3-9H,2H2,1H3,(H,19,22)(H,20,24). The van der Waals surface area contributed by atoms with Gasteiger partial charge in [-0.05, 0) is 61.6 Å². The SMILES string of the molecule is CCn1c(=S)[nH]c2cc(C(=O)Nc3ccc(F)cc3)ccc2c1=O. The van der Waals surface area contributed by atoms with Gasteiger partial charge in [0, 0.05) is 17.8 Å². The molecule has 3 aromatic rings. The third kappa shape index (κ3) is 2.98. The predicted octanol–water partition coefficient (Wildman–Crippen LogP) is 3.47. The van der Waals surface area contributed by atoms with Gasteiger partial charge < -0.3 is 10.3 Å². The van der Waals surface area contributed by atoms with Gasteiger partial charge in [0.05, 0.1) is 10.9 Å². The van der Waals surface area contributed by atoms with Crippen molar-refractivity contribution in [2.45, 2.75) is 13.5 Å². The Morgan fingerprint density at radius 3 is 2.62 bits per heavy atom. The Morgan fingerprint density at radius 2 is 1.96 bits per heavy atom. The van der Waals surface area contributed by atoms with E-state index in [1.54, 1.807) is 18.2 Å². The molecule has 122 valence electrons. The van der Waals surface area contributed by atoms with E-state index in [2.05, 4.69) is 10.3 Å². The monoisotopic (exact) mass is 343 g/mol. The van der Waals surface area contributed by atoms with E-state index < -0.39 is 0 Å². The van der Waals surface area contributed by atoms with E-state index in [1.807, 2.05) is 6.92 Å². The number of nitrogens with one attached hydrogen (secondary N) is 2. The predicted molar refractivity (Wildman–Crippen MR) is 93.4 cm³/mol. The van der Waals surface area contributed by atoms with Crippen LogP contribution in [0.1, 0.15) is 17.3 Å². The fourth-order valence-corrected chi connectivity index (χ4v) is 2.74. The van der Waals surface area contributed by atoms with Gasteiger partial charge in [0.2, 0.25) is 0 Å². The van der Waals surface area contributed by atoms with Crippen LogP contribution in [0.3, 0.4) is 0 Å². The van der Waals surface area contributed by atoms with Crippen molar-refractivity contribution in [3.63, 3.8) is 0 Å². The first-order valence-corrected chi connectivity index (χ1v) is 7.74. The molecule has 3 rings (SSSR count). The minimum absolute atomic E-state index is 0.193. The molecule has 0 atom stereocenters. The van der Waals surface area contributed by atoms with Crippen molar-refractivity contribution in [3.05, 3.63) is 69.0 Å². The second-order valence-corrected chi connectivity index (χ2v) is 5.59. The van der Waals surface area contributed by atoms with E-state index in [4.69, 9.17) is 12.2 Å². The Balaban J connectivity index is 1.98. The molecule has 2 N–H and O–H groups in total. The Labute approximate surface area is 141 Å². The lowest BCUT2D eigenvalue weighted by atomic mass is 10.1. The topological polar surface area (TPSA) is 66.9 Å². The van der Waals surface area contributed by atoms with Crippen LogP contribution < -0.4 is 10.9 Å². The number of fused-ring (bicyclic) bond motifs is 1. The lowest BCUT2D eigenvalue weighted by molar-refractivity contribution is 0.102. The summed E-state index contributed by atoms with van der Waals surface area (Å²) in [4.78, 5) is 27.6. The molecule has 2 aromatic carbocycles. The van der Waals surface area contributed by atoms with Crippen molar-refractivity contribution in [1.29, 1.82) is 0 Å². The van der Waals surface area contributed by atoms with E-state index in [1.165, 1.54) is 28.8 Å². The number of carbonyl (C=O) groups is 1. The van der Waals surface area contributed by atoms with Gasteiger partial charge in [0.1, 0.15) is 5.82 Å². The molecule has 0 radical (unpaired) electrons. The number of carbonyl (C=O) groups excluding carboxylic acids is 1. The first kappa shape index (κ1) is 16.1. The summed E-state index contributed by atoms with van der Waals surface area (Å²) in [5, 5.41) is 3.13. The molecule has 0 fully saturated rings. The summed E-state index contributed by atoms with van der Waals surface area (Å²) < 4.78 is 14.7. The molecular weight excluding hydrogens is 329 g/mol. The van der Waals surface area contributed by atoms with Crippen molar-refractivity contribution in [1.82, 2.24) is 9.55 Å². The van der Waals surface area contributed by atoms with Crippen LogP contribution in [0.5, 0.6) is 0 Å². The number of H-pyrrole nitrogens is 1. The minimum Gasteiger partial charge on any atom is -0.332 e. The maximum atomic E-state index is 12.9. The average Bonchev–Trinajstić information content (AvgIpc) is 2.56. The largest absolute Gasteiger partial charge is 0.332 e. The highest BCUT2D eigenvalue weighted by molar-refractivity contribution is 7.71. The number of amides is 1. The zero-order valence-electron chi connectivity index (χ0n) is 12.8. The Hall–Kier alpha value is -2.80. The van der Waals surface area contributed by atoms with E-state index >= 15 is 0 Å². The van der Waals surface area contributed by atoms with Gasteiger partial charge in [-0.3, -0.25) is 14.2 Å². The molecule has 1 aromatic heterocycles. The molecule has 0 saturated heterocycles. The van der Waals surface area contributed by atoms with Crippen LogP contribution in [-0.2, 0) is 6.54 Å². The van der Waals surface area contributed by atoms with Crippen LogP contribution >= 0.6 is 12.2 Å². The number of hydrogen-bond acceptors (Lipinski definition) is 3. The highest BCUT2D eigenvalue weighted by atomic mass is 32.1. The summed E-state index contributed by atoms with van der Waals surface area (Å²) >= 11 is 5.16. The molecular formula is C17H14FN3O2S. The minimum atomic E-state index is -0.376. The molecule has 7 heteroatoms. The van der Waals surface area contributed by atoms with E-state index in [0.29, 0.717) is 33.5 Å². The quantitative estimate of drug-likeness (QED) is 0.716. The zero-order chi connectivity index (χ0) is 17.3. The summed E-state index contributed by atoms with van der Waals surface area (Å²) in [6, 6.07) is 10.2. The summed E-state index contributed by atoms with van der Waals surface area (Å²) in [7, 11) is 0. The highest BCUT2D eigenvalue weighted by Gasteiger charge is 2.10. The molecule has 0 saturated carbocycles. The number of nitrogens with zero attached hydrogens (tertiary/aromatic N) is 1. The summed E-state index contributed by atoms with van der Waals surface area (Å²) in [5.41, 5.74) is 1.16. The third-order valence-electron chi connectivity index (χ3n) is 3.66. The molecule has 1 heterocycles. The summed E-state index contributed by atoms with van der Waals surface area (Å²) in [6.45, 7) is 2.30. The lowest BCUT2D eigenvalue weighted by Gasteiger charge is -2.08. The van der Waals surface area contributed by atoms with Gasteiger partial charge in [-0.15, -0.1) is 0 Å². The van der Waals surface area contributed by atoms with Crippen LogP contribution in [-0.4, -0.2) is 15.5 Å². The Morgan fingerprint density at radius 1 is 1.25 bits per heavy atom. The van der Waals surface area contributed by atoms with Gasteiger partial charge >= 0.3 is 0 Å². The lowest BCUT2D eigenvalue weighted by Crippen LogP contribution is -2.21. The van der Waals surface area contributed by atoms with Crippen LogP contribution in [0.2, 0.25) is 0 Å². The number of hydrogen-bond donors (Lipinski definition) is 2. The number of anilines is 1. The van der Waals surface area contributed by atoms with Crippen molar-refractivity contribution < 1.29 is 9.18 Å². The number of rotatable bonds is 3. The highest BCUT2D eigenvalue weighted by Crippen LogP contribution is 2.14. The molecule has 0 aliphatic carbocycles. The van der Waals surface area contributed by atoms with E-state index in [-0.39, 0.29) is 17.3 Å². The molecule has 1 amide bonds. The van der Waals surface area contributed by atoms with Crippen molar-refractivity contribution in [3.8, 4) is 0 Å². The number of benzene rings is 2. The Bertz CT molecular complexity index is 1040. The number of aromatic amines is 1. The van der Waals surface area contributed by atoms with Gasteiger partial charge in [0.25, 0.3) is 11.5 Å². The fourth-order valence-electron chi connectivity index (χ4n) is 2.42. The summed E-state index contributed by atoms with van der Waals surface area (Å²) in [6.07, 6.45) is 0. The van der Waals surface area contributed by atoms with Crippen molar-refractivity contribution >= 4 is 34.7 Å². The maximum absolute atomic E-state index is 12.9. The molecule has 0 bridgehead atoms. The summed E-state index contributed by atoms with van der Waals surface area (Å²) in [5.74, 6) is -0.735. The molecule has 0 aliphatic heterocycles. The Kier molecular flexibility index (Phi) is 4.26. The molecule has 0 unspecified atom stereocenters. The van der Waals surface area contributed by atoms with E-state index in [0.717, 1.165) is 0 Å². The van der Waals surface area contributed by atoms with Gasteiger partial charge in [0.15, 0.2) is 4.77 Å². The van der Waals surface area contributed by atoms with Crippen LogP contribution in [0.4, 0.5) is 10.1 Å². The first-order chi connectivity index (χ1) is 11.5. The second kappa shape index (κ2) is 6.37. The number of halogens is 1. The van der Waals surface area contributed by atoms with Gasteiger partial charge in [-0.2, -0.15) is 0 Å². The van der Waals surface area contributed by atoms with Crippen molar-refractivity contribution in [2.24, 2.45) is 0 Å². The zero-order valence-corrected chi connectivity index (χ0v) is 13.6. The van der Waals surface area contributed by atoms with Crippen molar-refractivity contribution in [2.75, 3.05) is 5.32 Å². The smallest absolute Gasteiger partial charge is 0.262 e. The van der Waals surface area contributed by atoms with Gasteiger partial charge in [-0.1, -0.05) is 0 Å². The third-order valence-corrected chi connectivity index (χ3v) is 3.98. The number of aromatic nitrogens is 2. The molecule has 5 nitrogen and oxygen atoms in total.